The third-order valence-electron chi connectivity index (χ3n) is 8.36. The molecule has 1 aliphatic heterocycles. The Balaban J connectivity index is 1.02. The van der Waals surface area contributed by atoms with E-state index in [9.17, 15) is 18.3 Å². The lowest BCUT2D eigenvalue weighted by Crippen LogP contribution is -2.36. The van der Waals surface area contributed by atoms with Gasteiger partial charge in [-0.05, 0) is 96.1 Å². The van der Waals surface area contributed by atoms with E-state index >= 15 is 0 Å². The number of pyridine rings is 1. The van der Waals surface area contributed by atoms with Crippen molar-refractivity contribution in [3.05, 3.63) is 88.6 Å². The molecule has 2 unspecified atom stereocenters. The number of rotatable bonds is 13. The van der Waals surface area contributed by atoms with Crippen LogP contribution >= 0.6 is 0 Å². The van der Waals surface area contributed by atoms with Crippen LogP contribution < -0.4 is 20.5 Å². The fourth-order valence-electron chi connectivity index (χ4n) is 5.58. The van der Waals surface area contributed by atoms with Crippen LogP contribution in [0.4, 0.5) is 5.69 Å². The number of ether oxygens (including phenoxy) is 1. The molecule has 2 aromatic carbocycles. The second-order valence-electron chi connectivity index (χ2n) is 11.5. The van der Waals surface area contributed by atoms with Gasteiger partial charge >= 0.3 is 5.69 Å². The van der Waals surface area contributed by atoms with Gasteiger partial charge in [-0.15, -0.1) is 0 Å². The van der Waals surface area contributed by atoms with Gasteiger partial charge in [0.25, 0.3) is 10.0 Å². The molecule has 13 heteroatoms. The van der Waals surface area contributed by atoms with Crippen LogP contribution in [-0.4, -0.2) is 57.5 Å². The summed E-state index contributed by atoms with van der Waals surface area (Å²) in [6, 6.07) is 14.9. The average Bonchev–Trinajstić information content (AvgIpc) is 3.38. The summed E-state index contributed by atoms with van der Waals surface area (Å²) in [7, 11) is -3.86. The zero-order valence-electron chi connectivity index (χ0n) is 24.4. The van der Waals surface area contributed by atoms with Gasteiger partial charge in [0.1, 0.15) is 11.9 Å². The molecule has 2 aliphatic rings. The van der Waals surface area contributed by atoms with Crippen molar-refractivity contribution in [2.75, 3.05) is 17.8 Å². The summed E-state index contributed by atoms with van der Waals surface area (Å²) < 4.78 is 37.7. The molecule has 232 valence electrons. The molecular formula is C31H37N7O5S. The molecule has 0 bridgehead atoms. The molecule has 12 nitrogen and oxygen atoms in total. The molecule has 2 atom stereocenters. The van der Waals surface area contributed by atoms with Crippen molar-refractivity contribution in [3.63, 3.8) is 0 Å². The number of fused-ring (bicyclic) bond motifs is 1. The van der Waals surface area contributed by atoms with Crippen LogP contribution in [0, 0.1) is 5.92 Å². The fourth-order valence-corrected chi connectivity index (χ4v) is 6.69. The second kappa shape index (κ2) is 13.3. The van der Waals surface area contributed by atoms with Crippen LogP contribution in [0.25, 0.3) is 5.69 Å². The van der Waals surface area contributed by atoms with E-state index in [4.69, 9.17) is 4.74 Å². The Bertz CT molecular complexity index is 1720. The van der Waals surface area contributed by atoms with Gasteiger partial charge in [0.2, 0.25) is 0 Å². The van der Waals surface area contributed by atoms with E-state index in [1.54, 1.807) is 54.9 Å². The number of hydrogen-bond donors (Lipinski definition) is 3. The lowest BCUT2D eigenvalue weighted by atomic mass is 9.82. The molecule has 2 aromatic heterocycles. The number of nitrogens with one attached hydrogen (secondary N) is 2. The molecule has 3 N–H and O–H groups in total. The molecule has 3 heterocycles. The van der Waals surface area contributed by atoms with Gasteiger partial charge < -0.3 is 15.2 Å². The topological polar surface area (TPSA) is 153 Å². The predicted octanol–water partition coefficient (Wildman–Crippen LogP) is 3.22. The first-order valence-electron chi connectivity index (χ1n) is 15.1. The number of tetrazole rings is 1. The van der Waals surface area contributed by atoms with Crippen molar-refractivity contribution >= 4 is 15.7 Å². The van der Waals surface area contributed by atoms with Crippen LogP contribution in [-0.2, 0) is 23.0 Å². The Morgan fingerprint density at radius 3 is 2.66 bits per heavy atom. The number of aromatic nitrogens is 5. The summed E-state index contributed by atoms with van der Waals surface area (Å²) in [4.78, 5) is 16.9. The van der Waals surface area contributed by atoms with Crippen LogP contribution in [0.15, 0.2) is 76.7 Å². The van der Waals surface area contributed by atoms with Gasteiger partial charge in [0.05, 0.1) is 16.7 Å². The van der Waals surface area contributed by atoms with Crippen molar-refractivity contribution in [2.45, 2.75) is 68.6 Å². The van der Waals surface area contributed by atoms with Crippen molar-refractivity contribution in [3.8, 4) is 11.4 Å². The predicted molar refractivity (Wildman–Crippen MR) is 164 cm³/mol. The van der Waals surface area contributed by atoms with E-state index in [0.717, 1.165) is 29.9 Å². The van der Waals surface area contributed by atoms with E-state index in [2.05, 4.69) is 25.4 Å². The molecular weight excluding hydrogens is 582 g/mol. The van der Waals surface area contributed by atoms with E-state index in [0.29, 0.717) is 49.6 Å². The van der Waals surface area contributed by atoms with Gasteiger partial charge in [0, 0.05) is 43.3 Å². The van der Waals surface area contributed by atoms with Crippen LogP contribution in [0.1, 0.15) is 55.8 Å². The number of benzene rings is 2. The van der Waals surface area contributed by atoms with Gasteiger partial charge in [-0.2, -0.15) is 9.36 Å². The average molecular weight is 620 g/mol. The van der Waals surface area contributed by atoms with Gasteiger partial charge in [-0.25, -0.2) is 13.2 Å². The number of aliphatic hydroxyl groups excluding tert-OH is 1. The molecule has 1 fully saturated rings. The van der Waals surface area contributed by atoms with Gasteiger partial charge in [-0.1, -0.05) is 25.3 Å². The number of nitrogens with zero attached hydrogens (tertiary/aromatic N) is 5. The fraction of sp³-hybridized carbons (Fsp3) is 0.419. The molecule has 6 rings (SSSR count). The molecule has 0 spiro atoms. The number of hydrogen-bond acceptors (Lipinski definition) is 9. The molecule has 4 aromatic rings. The summed E-state index contributed by atoms with van der Waals surface area (Å²) in [5, 5.41) is 21.6. The van der Waals surface area contributed by atoms with E-state index in [1.807, 2.05) is 6.07 Å². The normalized spacial score (nSPS) is 17.3. The van der Waals surface area contributed by atoms with E-state index in [1.165, 1.54) is 34.7 Å². The minimum atomic E-state index is -3.86. The maximum atomic E-state index is 13.2. The number of sulfonamides is 1. The number of anilines is 1. The first-order valence-corrected chi connectivity index (χ1v) is 16.6. The van der Waals surface area contributed by atoms with E-state index in [-0.39, 0.29) is 16.7 Å². The third-order valence-corrected chi connectivity index (χ3v) is 9.74. The summed E-state index contributed by atoms with van der Waals surface area (Å²) in [5.41, 5.74) is 2.12. The Hall–Kier alpha value is -4.07. The van der Waals surface area contributed by atoms with E-state index < -0.39 is 16.1 Å². The highest BCUT2D eigenvalue weighted by Gasteiger charge is 2.23. The maximum absolute atomic E-state index is 13.2. The summed E-state index contributed by atoms with van der Waals surface area (Å²) in [5.74, 6) is 1.43. The smallest absolute Gasteiger partial charge is 0.368 e. The molecule has 0 saturated heterocycles. The van der Waals surface area contributed by atoms with Crippen LogP contribution in [0.2, 0.25) is 0 Å². The highest BCUT2D eigenvalue weighted by atomic mass is 32.2. The Kier molecular flexibility index (Phi) is 9.05. The van der Waals surface area contributed by atoms with Gasteiger partial charge in [0.15, 0.2) is 0 Å². The standard InChI is InChI=1S/C31H37N7O5S/c39-29(24-7-2-16-32-19-24)21-33-20-27-13-8-23-18-28(14-15-30(23)43-27)44(41,42)34-25-9-11-26(12-10-25)38-31(40)37(35-36-38)17-3-6-22-4-1-5-22/h2,7,9-12,14-16,18-19,22,27,29,33-34,39H,1,3-6,8,13,17,20-21H2. The second-order valence-corrected chi connectivity index (χ2v) is 13.2. The molecule has 0 amide bonds. The van der Waals surface area contributed by atoms with Gasteiger partial charge in [-0.3, -0.25) is 9.71 Å². The summed E-state index contributed by atoms with van der Waals surface area (Å²) in [6.45, 7) is 1.46. The largest absolute Gasteiger partial charge is 0.489 e. The van der Waals surface area contributed by atoms with Crippen molar-refractivity contribution in [1.82, 2.24) is 30.1 Å². The lowest BCUT2D eigenvalue weighted by Gasteiger charge is -2.27. The third kappa shape index (κ3) is 7.01. The summed E-state index contributed by atoms with van der Waals surface area (Å²) >= 11 is 0. The number of aliphatic hydroxyl groups is 1. The molecule has 0 radical (unpaired) electrons. The molecule has 1 aliphatic carbocycles. The zero-order chi connectivity index (χ0) is 30.5. The monoisotopic (exact) mass is 619 g/mol. The maximum Gasteiger partial charge on any atom is 0.368 e. The highest BCUT2D eigenvalue weighted by molar-refractivity contribution is 7.92. The van der Waals surface area contributed by atoms with Crippen molar-refractivity contribution < 1.29 is 18.3 Å². The van der Waals surface area contributed by atoms with Crippen molar-refractivity contribution in [1.29, 1.82) is 0 Å². The molecule has 1 saturated carbocycles. The summed E-state index contributed by atoms with van der Waals surface area (Å²) in [6.07, 6.45) is 9.79. The Labute approximate surface area is 256 Å². The Morgan fingerprint density at radius 1 is 1.07 bits per heavy atom. The van der Waals surface area contributed by atoms with Crippen LogP contribution in [0.5, 0.6) is 5.75 Å². The highest BCUT2D eigenvalue weighted by Crippen LogP contribution is 2.31. The number of aryl methyl sites for hydroxylation is 2. The minimum Gasteiger partial charge on any atom is -0.489 e. The Morgan fingerprint density at radius 2 is 1.91 bits per heavy atom. The first kappa shape index (κ1) is 30.0. The minimum absolute atomic E-state index is 0.0934. The zero-order valence-corrected chi connectivity index (χ0v) is 25.2. The quantitative estimate of drug-likeness (QED) is 0.205. The molecule has 44 heavy (non-hydrogen) atoms. The van der Waals surface area contributed by atoms with Crippen molar-refractivity contribution in [2.24, 2.45) is 5.92 Å². The van der Waals surface area contributed by atoms with Crippen LogP contribution in [0.3, 0.4) is 0 Å². The SMILES string of the molecule is O=c1n(CCCC2CCC2)nnn1-c1ccc(NS(=O)(=O)c2ccc3c(c2)CCC(CNCC(O)c2cccnc2)O3)cc1. The lowest BCUT2D eigenvalue weighted by molar-refractivity contribution is 0.146. The first-order chi connectivity index (χ1) is 21.4.